The Morgan fingerprint density at radius 3 is 2.58 bits per heavy atom. The van der Waals surface area contributed by atoms with Crippen LogP contribution in [0.25, 0.3) is 16.6 Å². The summed E-state index contributed by atoms with van der Waals surface area (Å²) >= 11 is 1.67. The Balaban J connectivity index is 2.25. The van der Waals surface area contributed by atoms with Crippen LogP contribution in [0.4, 0.5) is 0 Å². The first-order valence-electron chi connectivity index (χ1n) is 8.49. The molecule has 0 saturated heterocycles. The van der Waals surface area contributed by atoms with E-state index in [2.05, 4.69) is 19.9 Å². The molecule has 3 aromatic rings. The van der Waals surface area contributed by atoms with Crippen LogP contribution in [0.15, 0.2) is 58.5 Å². The highest BCUT2D eigenvalue weighted by atomic mass is 32.2. The lowest BCUT2D eigenvalue weighted by Crippen LogP contribution is -2.22. The molecule has 0 bridgehead atoms. The van der Waals surface area contributed by atoms with Gasteiger partial charge in [0.1, 0.15) is 0 Å². The van der Waals surface area contributed by atoms with Crippen molar-refractivity contribution in [2.45, 2.75) is 38.3 Å². The molecule has 0 unspecified atom stereocenters. The Morgan fingerprint density at radius 1 is 1.04 bits per heavy atom. The van der Waals surface area contributed by atoms with Crippen LogP contribution in [0.3, 0.4) is 0 Å². The molecule has 124 valence electrons. The SMILES string of the molecule is CCCCSc1nc2ccccc2c(=O)n1-c1ccccc1CC. The lowest BCUT2D eigenvalue weighted by atomic mass is 10.1. The van der Waals surface area contributed by atoms with Crippen LogP contribution in [0, 0.1) is 0 Å². The lowest BCUT2D eigenvalue weighted by molar-refractivity contribution is 0.804. The molecular formula is C20H22N2OS. The Morgan fingerprint density at radius 2 is 1.79 bits per heavy atom. The third-order valence-electron chi connectivity index (χ3n) is 4.09. The molecule has 3 rings (SSSR count). The molecule has 1 aromatic heterocycles. The predicted octanol–water partition coefficient (Wildman–Crippen LogP) is 4.84. The third kappa shape index (κ3) is 3.24. The second-order valence-corrected chi connectivity index (χ2v) is 6.80. The van der Waals surface area contributed by atoms with Crippen molar-refractivity contribution in [2.75, 3.05) is 5.75 Å². The first kappa shape index (κ1) is 16.8. The number of thioether (sulfide) groups is 1. The van der Waals surface area contributed by atoms with Gasteiger partial charge in [0, 0.05) is 5.75 Å². The van der Waals surface area contributed by atoms with E-state index in [0.29, 0.717) is 5.39 Å². The number of nitrogens with zero attached hydrogens (tertiary/aromatic N) is 2. The number of fused-ring (bicyclic) bond motifs is 1. The molecule has 2 aromatic carbocycles. The number of aryl methyl sites for hydroxylation is 1. The van der Waals surface area contributed by atoms with Crippen molar-refractivity contribution in [3.63, 3.8) is 0 Å². The van der Waals surface area contributed by atoms with Crippen molar-refractivity contribution in [3.8, 4) is 5.69 Å². The zero-order valence-electron chi connectivity index (χ0n) is 14.2. The number of unbranched alkanes of at least 4 members (excludes halogenated alkanes) is 1. The summed E-state index contributed by atoms with van der Waals surface area (Å²) in [4.78, 5) is 17.9. The van der Waals surface area contributed by atoms with Crippen LogP contribution >= 0.6 is 11.8 Å². The Hall–Kier alpha value is -2.07. The monoisotopic (exact) mass is 338 g/mol. The Bertz CT molecular complexity index is 902. The maximum Gasteiger partial charge on any atom is 0.266 e. The highest BCUT2D eigenvalue weighted by Gasteiger charge is 2.14. The summed E-state index contributed by atoms with van der Waals surface area (Å²) in [5, 5.41) is 1.45. The average Bonchev–Trinajstić information content (AvgIpc) is 2.62. The quantitative estimate of drug-likeness (QED) is 0.366. The molecule has 24 heavy (non-hydrogen) atoms. The molecule has 0 radical (unpaired) electrons. The average molecular weight is 338 g/mol. The normalized spacial score (nSPS) is 11.1. The van der Waals surface area contributed by atoms with E-state index in [9.17, 15) is 4.79 Å². The maximum atomic E-state index is 13.2. The van der Waals surface area contributed by atoms with Crippen LogP contribution in [0.2, 0.25) is 0 Å². The van der Waals surface area contributed by atoms with E-state index in [1.54, 1.807) is 16.3 Å². The van der Waals surface area contributed by atoms with Gasteiger partial charge in [-0.1, -0.05) is 62.4 Å². The Labute approximate surface area is 146 Å². The highest BCUT2D eigenvalue weighted by Crippen LogP contribution is 2.24. The summed E-state index contributed by atoms with van der Waals surface area (Å²) in [6.45, 7) is 4.29. The zero-order valence-corrected chi connectivity index (χ0v) is 15.0. The van der Waals surface area contributed by atoms with Gasteiger partial charge in [0.05, 0.1) is 16.6 Å². The van der Waals surface area contributed by atoms with Gasteiger partial charge >= 0.3 is 0 Å². The number of hydrogen-bond donors (Lipinski definition) is 0. The van der Waals surface area contributed by atoms with Gasteiger partial charge in [-0.25, -0.2) is 4.98 Å². The molecule has 0 amide bonds. The number of hydrogen-bond acceptors (Lipinski definition) is 3. The molecule has 0 aliphatic heterocycles. The van der Waals surface area contributed by atoms with Gasteiger partial charge in [-0.05, 0) is 36.6 Å². The largest absolute Gasteiger partial charge is 0.268 e. The molecule has 0 aliphatic carbocycles. The van der Waals surface area contributed by atoms with Gasteiger partial charge in [0.2, 0.25) is 0 Å². The number of rotatable bonds is 6. The minimum Gasteiger partial charge on any atom is -0.268 e. The van der Waals surface area contributed by atoms with Crippen molar-refractivity contribution >= 4 is 22.7 Å². The molecule has 0 fully saturated rings. The van der Waals surface area contributed by atoms with E-state index in [4.69, 9.17) is 4.98 Å². The van der Waals surface area contributed by atoms with E-state index >= 15 is 0 Å². The van der Waals surface area contributed by atoms with Crippen molar-refractivity contribution in [2.24, 2.45) is 0 Å². The van der Waals surface area contributed by atoms with Crippen LogP contribution < -0.4 is 5.56 Å². The van der Waals surface area contributed by atoms with Crippen LogP contribution in [0.1, 0.15) is 32.3 Å². The molecule has 0 saturated carbocycles. The highest BCUT2D eigenvalue weighted by molar-refractivity contribution is 7.99. The summed E-state index contributed by atoms with van der Waals surface area (Å²) < 4.78 is 1.79. The minimum absolute atomic E-state index is 0.0144. The number of benzene rings is 2. The minimum atomic E-state index is 0.0144. The van der Waals surface area contributed by atoms with Crippen molar-refractivity contribution in [1.82, 2.24) is 9.55 Å². The predicted molar refractivity (Wildman–Crippen MR) is 102 cm³/mol. The van der Waals surface area contributed by atoms with Gasteiger partial charge in [-0.15, -0.1) is 0 Å². The second kappa shape index (κ2) is 7.67. The summed E-state index contributed by atoms with van der Waals surface area (Å²) in [6.07, 6.45) is 3.13. The number of para-hydroxylation sites is 2. The van der Waals surface area contributed by atoms with E-state index in [1.807, 2.05) is 42.5 Å². The molecule has 0 N–H and O–H groups in total. The van der Waals surface area contributed by atoms with E-state index < -0.39 is 0 Å². The maximum absolute atomic E-state index is 13.2. The smallest absolute Gasteiger partial charge is 0.266 e. The third-order valence-corrected chi connectivity index (χ3v) is 5.11. The van der Waals surface area contributed by atoms with Crippen molar-refractivity contribution < 1.29 is 0 Å². The molecule has 1 heterocycles. The van der Waals surface area contributed by atoms with Gasteiger partial charge in [0.25, 0.3) is 5.56 Å². The van der Waals surface area contributed by atoms with Gasteiger partial charge < -0.3 is 0 Å². The summed E-state index contributed by atoms with van der Waals surface area (Å²) in [7, 11) is 0. The van der Waals surface area contributed by atoms with E-state index in [0.717, 1.165) is 46.9 Å². The first-order valence-corrected chi connectivity index (χ1v) is 9.47. The standard InChI is InChI=1S/C20H22N2OS/c1-3-5-14-24-20-21-17-12-8-7-11-16(17)19(23)22(20)18-13-9-6-10-15(18)4-2/h6-13H,3-5,14H2,1-2H3. The summed E-state index contributed by atoms with van der Waals surface area (Å²) in [5.74, 6) is 0.968. The summed E-state index contributed by atoms with van der Waals surface area (Å²) in [5.41, 5.74) is 2.89. The Kier molecular flexibility index (Phi) is 5.36. The van der Waals surface area contributed by atoms with Crippen molar-refractivity contribution in [3.05, 3.63) is 64.4 Å². The van der Waals surface area contributed by atoms with Gasteiger partial charge in [0.15, 0.2) is 5.16 Å². The van der Waals surface area contributed by atoms with Gasteiger partial charge in [-0.2, -0.15) is 0 Å². The molecular weight excluding hydrogens is 316 g/mol. The van der Waals surface area contributed by atoms with Crippen LogP contribution in [-0.2, 0) is 6.42 Å². The van der Waals surface area contributed by atoms with Crippen molar-refractivity contribution in [1.29, 1.82) is 0 Å². The van der Waals surface area contributed by atoms with Crippen LogP contribution in [0.5, 0.6) is 0 Å². The van der Waals surface area contributed by atoms with Crippen LogP contribution in [-0.4, -0.2) is 15.3 Å². The molecule has 4 heteroatoms. The molecule has 0 spiro atoms. The molecule has 0 atom stereocenters. The van der Waals surface area contributed by atoms with E-state index in [-0.39, 0.29) is 5.56 Å². The van der Waals surface area contributed by atoms with E-state index in [1.165, 1.54) is 0 Å². The number of aromatic nitrogens is 2. The molecule has 0 aliphatic rings. The fourth-order valence-electron chi connectivity index (χ4n) is 2.76. The molecule has 3 nitrogen and oxygen atoms in total. The van der Waals surface area contributed by atoms with Gasteiger partial charge in [-0.3, -0.25) is 9.36 Å². The topological polar surface area (TPSA) is 34.9 Å². The lowest BCUT2D eigenvalue weighted by Gasteiger charge is -2.15. The fraction of sp³-hybridized carbons (Fsp3) is 0.300. The first-order chi connectivity index (χ1) is 11.8. The zero-order chi connectivity index (χ0) is 16.9. The fourth-order valence-corrected chi connectivity index (χ4v) is 3.85. The summed E-state index contributed by atoms with van der Waals surface area (Å²) in [6, 6.07) is 15.7. The second-order valence-electron chi connectivity index (χ2n) is 5.74.